The Bertz CT molecular complexity index is 966. The van der Waals surface area contributed by atoms with E-state index in [9.17, 15) is 0 Å². The highest BCUT2D eigenvalue weighted by Gasteiger charge is 2.12. The van der Waals surface area contributed by atoms with Crippen molar-refractivity contribution in [1.82, 2.24) is 14.5 Å². The molecule has 0 saturated carbocycles. The highest BCUT2D eigenvalue weighted by molar-refractivity contribution is 7.22. The Hall–Kier alpha value is -2.66. The van der Waals surface area contributed by atoms with Crippen molar-refractivity contribution in [1.29, 1.82) is 0 Å². The molecule has 5 heteroatoms. The van der Waals surface area contributed by atoms with E-state index < -0.39 is 0 Å². The van der Waals surface area contributed by atoms with E-state index in [2.05, 4.69) is 34.2 Å². The molecule has 0 aliphatic heterocycles. The maximum Gasteiger partial charge on any atom is 0.149 e. The van der Waals surface area contributed by atoms with Crippen LogP contribution in [0.2, 0.25) is 0 Å². The van der Waals surface area contributed by atoms with Gasteiger partial charge in [-0.25, -0.2) is 4.98 Å². The minimum absolute atomic E-state index is 0.793. The van der Waals surface area contributed by atoms with Gasteiger partial charge in [0.1, 0.15) is 5.82 Å². The van der Waals surface area contributed by atoms with E-state index in [-0.39, 0.29) is 0 Å². The molecule has 1 aromatic carbocycles. The van der Waals surface area contributed by atoms with Gasteiger partial charge in [0.15, 0.2) is 0 Å². The summed E-state index contributed by atoms with van der Waals surface area (Å²) in [4.78, 5) is 10.1. The van der Waals surface area contributed by atoms with Crippen LogP contribution in [0.4, 0.5) is 5.69 Å². The quantitative estimate of drug-likeness (QED) is 0.583. The topological polar surface area (TPSA) is 56.7 Å². The number of aryl methyl sites for hydroxylation is 1. The van der Waals surface area contributed by atoms with Crippen molar-refractivity contribution < 1.29 is 0 Å². The van der Waals surface area contributed by atoms with E-state index in [1.807, 2.05) is 42.3 Å². The number of fused-ring (bicyclic) bond motifs is 1. The number of benzene rings is 1. The lowest BCUT2D eigenvalue weighted by Crippen LogP contribution is -1.90. The molecule has 3 heterocycles. The van der Waals surface area contributed by atoms with Crippen molar-refractivity contribution >= 4 is 27.2 Å². The normalized spacial score (nSPS) is 11.2. The van der Waals surface area contributed by atoms with E-state index in [4.69, 9.17) is 5.73 Å². The molecule has 4 nitrogen and oxygen atoms in total. The average Bonchev–Trinajstić information content (AvgIpc) is 3.15. The molecule has 4 rings (SSSR count). The lowest BCUT2D eigenvalue weighted by atomic mass is 10.1. The van der Waals surface area contributed by atoms with Crippen LogP contribution in [0.3, 0.4) is 0 Å². The largest absolute Gasteiger partial charge is 0.399 e. The van der Waals surface area contributed by atoms with Crippen molar-refractivity contribution in [3.63, 3.8) is 0 Å². The van der Waals surface area contributed by atoms with Gasteiger partial charge in [0.05, 0.1) is 15.1 Å². The first kappa shape index (κ1) is 14.0. The first-order valence-electron chi connectivity index (χ1n) is 7.40. The van der Waals surface area contributed by atoms with Crippen molar-refractivity contribution in [3.05, 3.63) is 66.1 Å². The minimum Gasteiger partial charge on any atom is -0.399 e. The maximum absolute atomic E-state index is 5.77. The number of anilines is 1. The molecule has 0 bridgehead atoms. The summed E-state index contributed by atoms with van der Waals surface area (Å²) < 4.78 is 3.26. The van der Waals surface area contributed by atoms with Crippen LogP contribution in [-0.4, -0.2) is 14.5 Å². The van der Waals surface area contributed by atoms with Gasteiger partial charge >= 0.3 is 0 Å². The van der Waals surface area contributed by atoms with Crippen molar-refractivity contribution in [2.24, 2.45) is 7.05 Å². The van der Waals surface area contributed by atoms with Crippen LogP contribution < -0.4 is 5.73 Å². The van der Waals surface area contributed by atoms with E-state index in [1.165, 1.54) is 15.8 Å². The van der Waals surface area contributed by atoms with Gasteiger partial charge in [0.2, 0.25) is 0 Å². The molecule has 0 atom stereocenters. The van der Waals surface area contributed by atoms with Crippen LogP contribution >= 0.6 is 11.3 Å². The number of rotatable bonds is 3. The minimum atomic E-state index is 0.793. The van der Waals surface area contributed by atoms with Crippen LogP contribution in [0.25, 0.3) is 20.9 Å². The van der Waals surface area contributed by atoms with Crippen molar-refractivity contribution in [3.8, 4) is 10.7 Å². The number of thiophene rings is 1. The molecular weight excluding hydrogens is 304 g/mol. The predicted octanol–water partition coefficient (Wildman–Crippen LogP) is 3.87. The van der Waals surface area contributed by atoms with Gasteiger partial charge in [-0.1, -0.05) is 12.1 Å². The smallest absolute Gasteiger partial charge is 0.149 e. The van der Waals surface area contributed by atoms with Gasteiger partial charge in [0.25, 0.3) is 0 Å². The summed E-state index contributed by atoms with van der Waals surface area (Å²) in [6.45, 7) is 0. The molecule has 0 spiro atoms. The number of nitrogens with zero attached hydrogens (tertiary/aromatic N) is 3. The van der Waals surface area contributed by atoms with Gasteiger partial charge in [0, 0.05) is 31.3 Å². The molecule has 2 N–H and O–H groups in total. The SMILES string of the molecule is Cn1ccnc1-c1cc2nccc(Cc3ccc(N)cc3)c2s1. The first-order valence-corrected chi connectivity index (χ1v) is 8.22. The third kappa shape index (κ3) is 2.59. The molecule has 0 aliphatic carbocycles. The van der Waals surface area contributed by atoms with Crippen molar-refractivity contribution in [2.75, 3.05) is 5.73 Å². The van der Waals surface area contributed by atoms with Crippen LogP contribution in [0.1, 0.15) is 11.1 Å². The predicted molar refractivity (Wildman–Crippen MR) is 95.5 cm³/mol. The summed E-state index contributed by atoms with van der Waals surface area (Å²) >= 11 is 1.75. The summed E-state index contributed by atoms with van der Waals surface area (Å²) in [5.41, 5.74) is 10.1. The van der Waals surface area contributed by atoms with Crippen LogP contribution in [-0.2, 0) is 13.5 Å². The molecular formula is C18H16N4S. The molecule has 3 aromatic heterocycles. The standard InChI is InChI=1S/C18H16N4S/c1-22-9-8-21-18(22)16-11-15-17(23-16)13(6-7-20-15)10-12-2-4-14(19)5-3-12/h2-9,11H,10,19H2,1H3. The van der Waals surface area contributed by atoms with E-state index >= 15 is 0 Å². The highest BCUT2D eigenvalue weighted by Crippen LogP contribution is 2.34. The molecule has 0 unspecified atom stereocenters. The second kappa shape index (κ2) is 5.52. The van der Waals surface area contributed by atoms with Crippen LogP contribution in [0.5, 0.6) is 0 Å². The molecule has 0 radical (unpaired) electrons. The van der Waals surface area contributed by atoms with Gasteiger partial charge in [-0.2, -0.15) is 0 Å². The third-order valence-electron chi connectivity index (χ3n) is 3.91. The summed E-state index contributed by atoms with van der Waals surface area (Å²) in [7, 11) is 2.01. The zero-order chi connectivity index (χ0) is 15.8. The van der Waals surface area contributed by atoms with Crippen molar-refractivity contribution in [2.45, 2.75) is 6.42 Å². The fourth-order valence-electron chi connectivity index (χ4n) is 2.70. The van der Waals surface area contributed by atoms with Gasteiger partial charge in [-0.15, -0.1) is 11.3 Å². The molecule has 114 valence electrons. The zero-order valence-corrected chi connectivity index (χ0v) is 13.5. The Labute approximate surface area is 138 Å². The number of nitrogen functional groups attached to an aromatic ring is 1. The summed E-state index contributed by atoms with van der Waals surface area (Å²) in [6, 6.07) is 12.3. The monoisotopic (exact) mass is 320 g/mol. The fourth-order valence-corrected chi connectivity index (χ4v) is 3.86. The number of pyridine rings is 1. The summed E-state index contributed by atoms with van der Waals surface area (Å²) in [5, 5.41) is 0. The lowest BCUT2D eigenvalue weighted by molar-refractivity contribution is 0.928. The Morgan fingerprint density at radius 1 is 1.09 bits per heavy atom. The Balaban J connectivity index is 1.77. The lowest BCUT2D eigenvalue weighted by Gasteiger charge is -2.03. The number of hydrogen-bond acceptors (Lipinski definition) is 4. The Morgan fingerprint density at radius 2 is 1.91 bits per heavy atom. The third-order valence-corrected chi connectivity index (χ3v) is 5.11. The maximum atomic E-state index is 5.77. The number of imidazole rings is 1. The van der Waals surface area contributed by atoms with Gasteiger partial charge in [-0.3, -0.25) is 4.98 Å². The number of nitrogens with two attached hydrogens (primary N) is 1. The summed E-state index contributed by atoms with van der Waals surface area (Å²) in [6.07, 6.45) is 6.54. The van der Waals surface area contributed by atoms with E-state index in [1.54, 1.807) is 11.3 Å². The Kier molecular flexibility index (Phi) is 3.35. The van der Waals surface area contributed by atoms with E-state index in [0.29, 0.717) is 0 Å². The van der Waals surface area contributed by atoms with Gasteiger partial charge < -0.3 is 10.3 Å². The Morgan fingerprint density at radius 3 is 2.65 bits per heavy atom. The van der Waals surface area contributed by atoms with Crippen LogP contribution in [0.15, 0.2) is 55.0 Å². The van der Waals surface area contributed by atoms with Gasteiger partial charge in [-0.05, 0) is 41.8 Å². The molecule has 0 saturated heterocycles. The zero-order valence-electron chi connectivity index (χ0n) is 12.7. The second-order valence-corrected chi connectivity index (χ2v) is 6.63. The molecule has 23 heavy (non-hydrogen) atoms. The highest BCUT2D eigenvalue weighted by atomic mass is 32.1. The summed E-state index contributed by atoms with van der Waals surface area (Å²) in [5.74, 6) is 0.978. The second-order valence-electron chi connectivity index (χ2n) is 5.58. The molecule has 4 aromatic rings. The molecule has 0 aliphatic rings. The molecule has 0 fully saturated rings. The first-order chi connectivity index (χ1) is 11.2. The molecule has 0 amide bonds. The average molecular weight is 320 g/mol. The number of hydrogen-bond donors (Lipinski definition) is 1. The number of aromatic nitrogens is 3. The van der Waals surface area contributed by atoms with E-state index in [0.717, 1.165) is 28.3 Å². The fraction of sp³-hybridized carbons (Fsp3) is 0.111. The van der Waals surface area contributed by atoms with Crippen LogP contribution in [0, 0.1) is 0 Å².